The van der Waals surface area contributed by atoms with Gasteiger partial charge >= 0.3 is 0 Å². The lowest BCUT2D eigenvalue weighted by atomic mass is 9.82. The third-order valence-electron chi connectivity index (χ3n) is 4.42. The fourth-order valence-electron chi connectivity index (χ4n) is 3.37. The van der Waals surface area contributed by atoms with Crippen LogP contribution in [0.5, 0.6) is 5.75 Å². The molecule has 2 rings (SSSR count). The third kappa shape index (κ3) is 3.15. The van der Waals surface area contributed by atoms with E-state index in [9.17, 15) is 0 Å². The zero-order valence-electron chi connectivity index (χ0n) is 12.7. The second-order valence-corrected chi connectivity index (χ2v) is 5.63. The van der Waals surface area contributed by atoms with Crippen molar-refractivity contribution >= 4 is 0 Å². The van der Waals surface area contributed by atoms with Crippen LogP contribution in [-0.4, -0.2) is 19.3 Å². The molecule has 3 heteroatoms. The molecule has 20 heavy (non-hydrogen) atoms. The summed E-state index contributed by atoms with van der Waals surface area (Å²) in [6, 6.07) is 7.92. The van der Waals surface area contributed by atoms with Crippen LogP contribution in [0.4, 0.5) is 0 Å². The number of rotatable bonds is 5. The Kier molecular flexibility index (Phi) is 5.44. The van der Waals surface area contributed by atoms with Gasteiger partial charge in [-0.15, -0.1) is 0 Å². The first-order valence-electron chi connectivity index (χ1n) is 7.76. The molecule has 0 heterocycles. The number of hydrogen-bond acceptors (Lipinski definition) is 3. The monoisotopic (exact) mass is 277 g/mol. The highest BCUT2D eigenvalue weighted by Crippen LogP contribution is 2.41. The van der Waals surface area contributed by atoms with Gasteiger partial charge < -0.3 is 15.2 Å². The quantitative estimate of drug-likeness (QED) is 0.832. The summed E-state index contributed by atoms with van der Waals surface area (Å²) in [4.78, 5) is 0. The number of para-hydroxylation sites is 1. The average Bonchev–Trinajstić information content (AvgIpc) is 2.73. The molecular formula is C17H27NO2. The molecule has 0 saturated heterocycles. The Morgan fingerprint density at radius 1 is 1.15 bits per heavy atom. The molecule has 2 N–H and O–H groups in total. The Hall–Kier alpha value is -1.06. The van der Waals surface area contributed by atoms with Crippen molar-refractivity contribution in [1.29, 1.82) is 0 Å². The molecule has 1 aromatic rings. The summed E-state index contributed by atoms with van der Waals surface area (Å²) in [7, 11) is 1.70. The van der Waals surface area contributed by atoms with Crippen LogP contribution in [0.25, 0.3) is 0 Å². The van der Waals surface area contributed by atoms with Gasteiger partial charge in [-0.2, -0.15) is 0 Å². The minimum atomic E-state index is -0.236. The molecule has 112 valence electrons. The van der Waals surface area contributed by atoms with Crippen LogP contribution >= 0.6 is 0 Å². The Morgan fingerprint density at radius 3 is 2.40 bits per heavy atom. The molecule has 0 amide bonds. The summed E-state index contributed by atoms with van der Waals surface area (Å²) in [5, 5.41) is 0. The molecule has 3 nitrogen and oxygen atoms in total. The summed E-state index contributed by atoms with van der Waals surface area (Å²) in [5.74, 6) is 0.864. The molecule has 1 aromatic carbocycles. The van der Waals surface area contributed by atoms with E-state index in [1.54, 1.807) is 7.11 Å². The molecule has 1 aliphatic rings. The molecule has 0 aromatic heterocycles. The normalized spacial score (nSPS) is 20.1. The topological polar surface area (TPSA) is 44.5 Å². The van der Waals surface area contributed by atoms with Crippen molar-refractivity contribution in [2.45, 2.75) is 57.1 Å². The maximum Gasteiger partial charge on any atom is 0.123 e. The number of nitrogens with two attached hydrogens (primary N) is 1. The van der Waals surface area contributed by atoms with E-state index >= 15 is 0 Å². The van der Waals surface area contributed by atoms with Gasteiger partial charge in [-0.05, 0) is 25.8 Å². The fourth-order valence-corrected chi connectivity index (χ4v) is 3.37. The molecular weight excluding hydrogens is 250 g/mol. The minimum Gasteiger partial charge on any atom is -0.496 e. The number of benzene rings is 1. The van der Waals surface area contributed by atoms with Gasteiger partial charge in [0, 0.05) is 12.2 Å². The zero-order chi connectivity index (χ0) is 14.4. The van der Waals surface area contributed by atoms with Crippen molar-refractivity contribution in [2.75, 3.05) is 13.7 Å². The molecule has 0 bridgehead atoms. The molecule has 0 aliphatic heterocycles. The van der Waals surface area contributed by atoms with E-state index in [0.29, 0.717) is 6.61 Å². The highest BCUT2D eigenvalue weighted by atomic mass is 16.5. The zero-order valence-corrected chi connectivity index (χ0v) is 12.7. The number of ether oxygens (including phenoxy) is 2. The Bertz CT molecular complexity index is 411. The smallest absolute Gasteiger partial charge is 0.123 e. The van der Waals surface area contributed by atoms with E-state index in [-0.39, 0.29) is 11.6 Å². The second-order valence-electron chi connectivity index (χ2n) is 5.63. The maximum atomic E-state index is 6.63. The second kappa shape index (κ2) is 7.09. The Labute approximate surface area is 122 Å². The van der Waals surface area contributed by atoms with Gasteiger partial charge in [0.1, 0.15) is 5.75 Å². The van der Waals surface area contributed by atoms with Crippen LogP contribution in [0, 0.1) is 0 Å². The van der Waals surface area contributed by atoms with Crippen LogP contribution in [0.1, 0.15) is 57.1 Å². The van der Waals surface area contributed by atoms with Crippen LogP contribution < -0.4 is 10.5 Å². The molecule has 1 unspecified atom stereocenters. The van der Waals surface area contributed by atoms with E-state index in [4.69, 9.17) is 15.2 Å². The van der Waals surface area contributed by atoms with Gasteiger partial charge in [0.25, 0.3) is 0 Å². The number of methoxy groups -OCH3 is 1. The standard InChI is InChI=1S/C17H27NO2/c1-3-20-17(12-8-4-5-9-13-17)16(18)14-10-6-7-11-15(14)19-2/h6-7,10-11,16H,3-5,8-9,12-13,18H2,1-2H3. The first-order chi connectivity index (χ1) is 9.73. The van der Waals surface area contributed by atoms with E-state index in [2.05, 4.69) is 13.0 Å². The van der Waals surface area contributed by atoms with Crippen molar-refractivity contribution in [3.8, 4) is 5.75 Å². The fraction of sp³-hybridized carbons (Fsp3) is 0.647. The summed E-state index contributed by atoms with van der Waals surface area (Å²) in [6.45, 7) is 2.77. The van der Waals surface area contributed by atoms with Gasteiger partial charge in [-0.1, -0.05) is 43.9 Å². The molecule has 1 saturated carbocycles. The van der Waals surface area contributed by atoms with Gasteiger partial charge in [0.2, 0.25) is 0 Å². The van der Waals surface area contributed by atoms with Crippen molar-refractivity contribution in [1.82, 2.24) is 0 Å². The maximum absolute atomic E-state index is 6.63. The average molecular weight is 277 g/mol. The number of hydrogen-bond donors (Lipinski definition) is 1. The predicted molar refractivity (Wildman–Crippen MR) is 82.0 cm³/mol. The lowest BCUT2D eigenvalue weighted by Gasteiger charge is -2.38. The van der Waals surface area contributed by atoms with Crippen molar-refractivity contribution in [3.05, 3.63) is 29.8 Å². The Balaban J connectivity index is 2.32. The first kappa shape index (κ1) is 15.3. The van der Waals surface area contributed by atoms with Gasteiger partial charge in [-0.3, -0.25) is 0 Å². The summed E-state index contributed by atoms with van der Waals surface area (Å²) >= 11 is 0. The van der Waals surface area contributed by atoms with Crippen LogP contribution in [0.2, 0.25) is 0 Å². The largest absolute Gasteiger partial charge is 0.496 e. The molecule has 1 atom stereocenters. The van der Waals surface area contributed by atoms with Gasteiger partial charge in [0.05, 0.1) is 18.8 Å². The van der Waals surface area contributed by atoms with E-state index in [0.717, 1.165) is 24.2 Å². The molecule has 1 aliphatic carbocycles. The highest BCUT2D eigenvalue weighted by molar-refractivity contribution is 5.37. The van der Waals surface area contributed by atoms with Gasteiger partial charge in [0.15, 0.2) is 0 Å². The van der Waals surface area contributed by atoms with Crippen LogP contribution in [0.15, 0.2) is 24.3 Å². The Morgan fingerprint density at radius 2 is 1.80 bits per heavy atom. The van der Waals surface area contributed by atoms with Crippen molar-refractivity contribution in [2.24, 2.45) is 5.73 Å². The lowest BCUT2D eigenvalue weighted by molar-refractivity contribution is -0.0699. The summed E-state index contributed by atoms with van der Waals surface area (Å²) in [6.07, 6.45) is 7.05. The van der Waals surface area contributed by atoms with E-state index in [1.165, 1.54) is 25.7 Å². The summed E-state index contributed by atoms with van der Waals surface area (Å²) in [5.41, 5.74) is 7.46. The highest BCUT2D eigenvalue weighted by Gasteiger charge is 2.39. The van der Waals surface area contributed by atoms with E-state index in [1.807, 2.05) is 18.2 Å². The molecule has 0 spiro atoms. The first-order valence-corrected chi connectivity index (χ1v) is 7.76. The molecule has 0 radical (unpaired) electrons. The molecule has 1 fully saturated rings. The van der Waals surface area contributed by atoms with E-state index < -0.39 is 0 Å². The van der Waals surface area contributed by atoms with Crippen LogP contribution in [-0.2, 0) is 4.74 Å². The SMILES string of the molecule is CCOC1(C(N)c2ccccc2OC)CCCCCC1. The van der Waals surface area contributed by atoms with Crippen molar-refractivity contribution in [3.63, 3.8) is 0 Å². The van der Waals surface area contributed by atoms with Crippen molar-refractivity contribution < 1.29 is 9.47 Å². The van der Waals surface area contributed by atoms with Gasteiger partial charge in [-0.25, -0.2) is 0 Å². The minimum absolute atomic E-state index is 0.128. The lowest BCUT2D eigenvalue weighted by Crippen LogP contribution is -2.43. The summed E-state index contributed by atoms with van der Waals surface area (Å²) < 4.78 is 11.7. The third-order valence-corrected chi connectivity index (χ3v) is 4.42. The predicted octanol–water partition coefficient (Wildman–Crippen LogP) is 3.82. The van der Waals surface area contributed by atoms with Crippen LogP contribution in [0.3, 0.4) is 0 Å².